The SMILES string of the molecule is O=c1ccnc2n1NSC2. The minimum atomic E-state index is -0.0463. The smallest absolute Gasteiger partial charge is 0.267 e. The summed E-state index contributed by atoms with van der Waals surface area (Å²) in [4.78, 5) is 17.8. The lowest BCUT2D eigenvalue weighted by Crippen LogP contribution is -2.23. The van der Waals surface area contributed by atoms with Crippen molar-refractivity contribution < 1.29 is 0 Å². The Bertz CT molecular complexity index is 308. The van der Waals surface area contributed by atoms with E-state index in [1.165, 1.54) is 28.9 Å². The van der Waals surface area contributed by atoms with Gasteiger partial charge < -0.3 is 0 Å². The van der Waals surface area contributed by atoms with E-state index in [9.17, 15) is 4.79 Å². The molecule has 0 bridgehead atoms. The fraction of sp³-hybridized carbons (Fsp3) is 0.200. The highest BCUT2D eigenvalue weighted by molar-refractivity contribution is 7.99. The maximum atomic E-state index is 11.0. The van der Waals surface area contributed by atoms with Crippen LogP contribution < -0.4 is 10.4 Å². The quantitative estimate of drug-likeness (QED) is 0.533. The normalized spacial score (nSPS) is 14.4. The molecule has 5 heteroatoms. The molecule has 1 aliphatic rings. The van der Waals surface area contributed by atoms with Crippen molar-refractivity contribution in [3.63, 3.8) is 0 Å². The summed E-state index contributed by atoms with van der Waals surface area (Å²) in [6, 6.07) is 1.43. The van der Waals surface area contributed by atoms with Crippen LogP contribution in [-0.2, 0) is 5.75 Å². The summed E-state index contributed by atoms with van der Waals surface area (Å²) in [6.45, 7) is 0. The predicted molar refractivity (Wildman–Crippen MR) is 39.2 cm³/mol. The molecule has 0 atom stereocenters. The average Bonchev–Trinajstić information content (AvgIpc) is 2.36. The first kappa shape index (κ1) is 5.79. The molecule has 0 aromatic carbocycles. The van der Waals surface area contributed by atoms with E-state index in [4.69, 9.17) is 0 Å². The van der Waals surface area contributed by atoms with Gasteiger partial charge in [-0.2, -0.15) is 4.68 Å². The maximum absolute atomic E-state index is 11.0. The molecule has 0 fully saturated rings. The van der Waals surface area contributed by atoms with E-state index in [0.717, 1.165) is 11.6 Å². The first-order valence-corrected chi connectivity index (χ1v) is 3.81. The van der Waals surface area contributed by atoms with Crippen LogP contribution in [0.25, 0.3) is 0 Å². The highest BCUT2D eigenvalue weighted by Gasteiger charge is 2.10. The van der Waals surface area contributed by atoms with E-state index in [2.05, 4.69) is 9.82 Å². The first-order valence-electron chi connectivity index (χ1n) is 2.83. The van der Waals surface area contributed by atoms with Gasteiger partial charge in [-0.15, -0.1) is 0 Å². The number of rotatable bonds is 0. The van der Waals surface area contributed by atoms with Crippen LogP contribution in [0.15, 0.2) is 17.1 Å². The third kappa shape index (κ3) is 0.706. The number of fused-ring (bicyclic) bond motifs is 1. The zero-order valence-corrected chi connectivity index (χ0v) is 5.89. The van der Waals surface area contributed by atoms with Crippen molar-refractivity contribution in [2.75, 3.05) is 4.83 Å². The molecule has 52 valence electrons. The lowest BCUT2D eigenvalue weighted by atomic mass is 10.6. The van der Waals surface area contributed by atoms with Crippen molar-refractivity contribution in [1.29, 1.82) is 0 Å². The largest absolute Gasteiger partial charge is 0.272 e. The van der Waals surface area contributed by atoms with E-state index in [0.29, 0.717) is 0 Å². The Hall–Kier alpha value is -0.970. The molecule has 1 aromatic rings. The third-order valence-corrected chi connectivity index (χ3v) is 1.99. The molecular weight excluding hydrogens is 150 g/mol. The lowest BCUT2D eigenvalue weighted by Gasteiger charge is -1.97. The summed E-state index contributed by atoms with van der Waals surface area (Å²) in [5.74, 6) is 1.55. The predicted octanol–water partition coefficient (Wildman–Crippen LogP) is -0.0514. The summed E-state index contributed by atoms with van der Waals surface area (Å²) in [6.07, 6.45) is 1.53. The van der Waals surface area contributed by atoms with E-state index in [1.807, 2.05) is 0 Å². The van der Waals surface area contributed by atoms with Crippen molar-refractivity contribution in [3.8, 4) is 0 Å². The van der Waals surface area contributed by atoms with E-state index in [-0.39, 0.29) is 5.56 Å². The number of hydrogen-bond acceptors (Lipinski definition) is 4. The second kappa shape index (κ2) is 2.02. The van der Waals surface area contributed by atoms with Gasteiger partial charge in [0.05, 0.1) is 5.75 Å². The van der Waals surface area contributed by atoms with Gasteiger partial charge in [-0.1, -0.05) is 0 Å². The van der Waals surface area contributed by atoms with E-state index in [1.54, 1.807) is 0 Å². The minimum Gasteiger partial charge on any atom is -0.267 e. The fourth-order valence-electron chi connectivity index (χ4n) is 0.807. The Morgan fingerprint density at radius 1 is 1.80 bits per heavy atom. The zero-order chi connectivity index (χ0) is 6.97. The van der Waals surface area contributed by atoms with Crippen molar-refractivity contribution >= 4 is 11.9 Å². The van der Waals surface area contributed by atoms with Crippen molar-refractivity contribution in [2.24, 2.45) is 0 Å². The van der Waals surface area contributed by atoms with E-state index < -0.39 is 0 Å². The van der Waals surface area contributed by atoms with Crippen LogP contribution in [0.1, 0.15) is 5.82 Å². The van der Waals surface area contributed by atoms with E-state index >= 15 is 0 Å². The van der Waals surface area contributed by atoms with Crippen LogP contribution >= 0.6 is 11.9 Å². The molecule has 0 aliphatic carbocycles. The summed E-state index contributed by atoms with van der Waals surface area (Å²) >= 11 is 1.47. The fourth-order valence-corrected chi connectivity index (χ4v) is 1.53. The minimum absolute atomic E-state index is 0.0463. The molecule has 2 rings (SSSR count). The summed E-state index contributed by atoms with van der Waals surface area (Å²) < 4.78 is 1.45. The highest BCUT2D eigenvalue weighted by Crippen LogP contribution is 2.11. The molecule has 0 spiro atoms. The van der Waals surface area contributed by atoms with Gasteiger partial charge in [0.15, 0.2) is 0 Å². The van der Waals surface area contributed by atoms with Crippen LogP contribution in [-0.4, -0.2) is 9.66 Å². The molecule has 1 N–H and O–H groups in total. The second-order valence-electron chi connectivity index (χ2n) is 1.91. The third-order valence-electron chi connectivity index (χ3n) is 1.28. The van der Waals surface area contributed by atoms with Gasteiger partial charge in [-0.25, -0.2) is 4.98 Å². The van der Waals surface area contributed by atoms with Crippen LogP contribution in [0.2, 0.25) is 0 Å². The topological polar surface area (TPSA) is 46.9 Å². The van der Waals surface area contributed by atoms with Crippen LogP contribution in [0.3, 0.4) is 0 Å². The molecule has 1 aromatic heterocycles. The first-order chi connectivity index (χ1) is 4.88. The molecule has 4 nitrogen and oxygen atoms in total. The molecule has 0 unspecified atom stereocenters. The summed E-state index contributed by atoms with van der Waals surface area (Å²) in [7, 11) is 0. The van der Waals surface area contributed by atoms with Gasteiger partial charge in [0.25, 0.3) is 5.56 Å². The van der Waals surface area contributed by atoms with Crippen LogP contribution in [0.5, 0.6) is 0 Å². The van der Waals surface area contributed by atoms with Crippen LogP contribution in [0.4, 0.5) is 0 Å². The Kier molecular flexibility index (Phi) is 1.17. The Labute approximate surface area is 61.4 Å². The van der Waals surface area contributed by atoms with Crippen molar-refractivity contribution in [1.82, 2.24) is 9.66 Å². The molecule has 1 aliphatic heterocycles. The summed E-state index contributed by atoms with van der Waals surface area (Å²) in [5, 5.41) is 0. The Balaban J connectivity index is 2.70. The second-order valence-corrected chi connectivity index (χ2v) is 2.67. The molecule has 0 saturated heterocycles. The van der Waals surface area contributed by atoms with Gasteiger partial charge >= 0.3 is 0 Å². The number of nitrogens with one attached hydrogen (secondary N) is 1. The molecule has 0 radical (unpaired) electrons. The van der Waals surface area contributed by atoms with Gasteiger partial charge in [-0.3, -0.25) is 9.63 Å². The Morgan fingerprint density at radius 2 is 2.70 bits per heavy atom. The van der Waals surface area contributed by atoms with Gasteiger partial charge in [0.1, 0.15) is 5.82 Å². The molecule has 10 heavy (non-hydrogen) atoms. The average molecular weight is 155 g/mol. The molecule has 0 amide bonds. The number of hydrogen-bond donors (Lipinski definition) is 1. The van der Waals surface area contributed by atoms with Gasteiger partial charge in [0, 0.05) is 12.3 Å². The van der Waals surface area contributed by atoms with Crippen molar-refractivity contribution in [2.45, 2.75) is 5.75 Å². The standard InChI is InChI=1S/C5H5N3OS/c9-5-1-2-6-4-3-10-7-8(4)5/h1-2,7H,3H2. The van der Waals surface area contributed by atoms with Crippen molar-refractivity contribution in [3.05, 3.63) is 28.4 Å². The monoisotopic (exact) mass is 155 g/mol. The molecular formula is C5H5N3OS. The zero-order valence-electron chi connectivity index (χ0n) is 5.07. The van der Waals surface area contributed by atoms with Gasteiger partial charge in [-0.05, 0) is 11.9 Å². The van der Waals surface area contributed by atoms with Gasteiger partial charge in [0.2, 0.25) is 0 Å². The lowest BCUT2D eigenvalue weighted by molar-refractivity contribution is 0.848. The maximum Gasteiger partial charge on any atom is 0.272 e. The Morgan fingerprint density at radius 3 is 3.50 bits per heavy atom. The molecule has 0 saturated carbocycles. The number of aromatic nitrogens is 2. The summed E-state index contributed by atoms with van der Waals surface area (Å²) in [5.41, 5.74) is -0.0463. The molecule has 2 heterocycles. The number of nitrogens with zero attached hydrogens (tertiary/aromatic N) is 2. The highest BCUT2D eigenvalue weighted by atomic mass is 32.2. The van der Waals surface area contributed by atoms with Crippen LogP contribution in [0, 0.1) is 0 Å².